The fraction of sp³-hybridized carbons (Fsp3) is 0.571. The quantitative estimate of drug-likeness (QED) is 0.873. The molecule has 0 radical (unpaired) electrons. The molecule has 1 aliphatic rings. The maximum Gasteiger partial charge on any atom is 0.128 e. The van der Waals surface area contributed by atoms with Crippen molar-refractivity contribution < 1.29 is 9.47 Å². The summed E-state index contributed by atoms with van der Waals surface area (Å²) in [4.78, 5) is 0. The molecule has 0 fully saturated rings. The molecular formula is C14H21NO2. The molecule has 0 aromatic heterocycles. The van der Waals surface area contributed by atoms with Gasteiger partial charge < -0.3 is 14.8 Å². The average Bonchev–Trinajstić information content (AvgIpc) is 2.36. The van der Waals surface area contributed by atoms with E-state index in [-0.39, 0.29) is 5.60 Å². The molecule has 2 atom stereocenters. The first-order valence-corrected chi connectivity index (χ1v) is 6.16. The van der Waals surface area contributed by atoms with Gasteiger partial charge in [-0.3, -0.25) is 0 Å². The molecule has 3 nitrogen and oxygen atoms in total. The lowest BCUT2D eigenvalue weighted by Crippen LogP contribution is -2.40. The van der Waals surface area contributed by atoms with E-state index in [1.807, 2.05) is 19.2 Å². The van der Waals surface area contributed by atoms with Crippen molar-refractivity contribution in [2.75, 3.05) is 14.2 Å². The second-order valence-electron chi connectivity index (χ2n) is 4.85. The summed E-state index contributed by atoms with van der Waals surface area (Å²) in [5.41, 5.74) is 1.13. The molecule has 1 N–H and O–H groups in total. The predicted molar refractivity (Wildman–Crippen MR) is 68.7 cm³/mol. The van der Waals surface area contributed by atoms with E-state index in [0.29, 0.717) is 6.04 Å². The molecule has 2 unspecified atom stereocenters. The van der Waals surface area contributed by atoms with Crippen LogP contribution < -0.4 is 14.8 Å². The summed E-state index contributed by atoms with van der Waals surface area (Å²) in [6.07, 6.45) is 2.00. The Morgan fingerprint density at radius 1 is 1.53 bits per heavy atom. The van der Waals surface area contributed by atoms with Crippen LogP contribution >= 0.6 is 0 Å². The van der Waals surface area contributed by atoms with Crippen LogP contribution in [-0.4, -0.2) is 19.8 Å². The largest absolute Gasteiger partial charge is 0.497 e. The molecule has 1 heterocycles. The Kier molecular flexibility index (Phi) is 3.29. The fourth-order valence-corrected chi connectivity index (χ4v) is 2.34. The zero-order chi connectivity index (χ0) is 12.5. The molecule has 0 saturated heterocycles. The number of rotatable bonds is 3. The van der Waals surface area contributed by atoms with Crippen LogP contribution in [0.4, 0.5) is 0 Å². The van der Waals surface area contributed by atoms with Crippen LogP contribution in [0.5, 0.6) is 11.5 Å². The maximum absolute atomic E-state index is 6.12. The highest BCUT2D eigenvalue weighted by Crippen LogP contribution is 2.42. The first kappa shape index (κ1) is 12.2. The van der Waals surface area contributed by atoms with Gasteiger partial charge in [0.25, 0.3) is 0 Å². The summed E-state index contributed by atoms with van der Waals surface area (Å²) >= 11 is 0. The van der Waals surface area contributed by atoms with E-state index < -0.39 is 0 Å². The number of methoxy groups -OCH3 is 1. The molecule has 1 aliphatic heterocycles. The van der Waals surface area contributed by atoms with Crippen LogP contribution in [0.25, 0.3) is 0 Å². The van der Waals surface area contributed by atoms with Crippen LogP contribution in [0.3, 0.4) is 0 Å². The standard InChI is InChI=1S/C14H21NO2/c1-5-14(2)9-12(15-3)11-7-6-10(16-4)8-13(11)17-14/h6-8,12,15H,5,9H2,1-4H3. The molecule has 2 rings (SSSR count). The number of fused-ring (bicyclic) bond motifs is 1. The highest BCUT2D eigenvalue weighted by molar-refractivity contribution is 5.44. The third-order valence-corrected chi connectivity index (χ3v) is 3.68. The highest BCUT2D eigenvalue weighted by atomic mass is 16.5. The Balaban J connectivity index is 2.40. The average molecular weight is 235 g/mol. The number of benzene rings is 1. The van der Waals surface area contributed by atoms with Crippen LogP contribution in [0.15, 0.2) is 18.2 Å². The van der Waals surface area contributed by atoms with E-state index in [0.717, 1.165) is 24.3 Å². The van der Waals surface area contributed by atoms with Crippen molar-refractivity contribution in [1.29, 1.82) is 0 Å². The smallest absolute Gasteiger partial charge is 0.128 e. The van der Waals surface area contributed by atoms with Gasteiger partial charge in [0.05, 0.1) is 7.11 Å². The van der Waals surface area contributed by atoms with E-state index in [1.54, 1.807) is 7.11 Å². The van der Waals surface area contributed by atoms with Gasteiger partial charge in [0.2, 0.25) is 0 Å². The Bertz CT molecular complexity index is 405. The first-order chi connectivity index (χ1) is 8.11. The van der Waals surface area contributed by atoms with Crippen molar-refractivity contribution in [2.45, 2.75) is 38.3 Å². The summed E-state index contributed by atoms with van der Waals surface area (Å²) < 4.78 is 11.4. The second kappa shape index (κ2) is 4.57. The Hall–Kier alpha value is -1.22. The first-order valence-electron chi connectivity index (χ1n) is 6.16. The third kappa shape index (κ3) is 2.25. The van der Waals surface area contributed by atoms with Crippen molar-refractivity contribution in [1.82, 2.24) is 5.32 Å². The van der Waals surface area contributed by atoms with Gasteiger partial charge in [-0.25, -0.2) is 0 Å². The molecule has 3 heteroatoms. The van der Waals surface area contributed by atoms with Crippen molar-refractivity contribution in [2.24, 2.45) is 0 Å². The van der Waals surface area contributed by atoms with Gasteiger partial charge in [-0.15, -0.1) is 0 Å². The zero-order valence-corrected chi connectivity index (χ0v) is 11.0. The SMILES string of the molecule is CCC1(C)CC(NC)c2ccc(OC)cc2O1. The van der Waals surface area contributed by atoms with Crippen LogP contribution in [0.1, 0.15) is 38.3 Å². The van der Waals surface area contributed by atoms with Crippen LogP contribution in [-0.2, 0) is 0 Å². The topological polar surface area (TPSA) is 30.5 Å². The van der Waals surface area contributed by atoms with Crippen LogP contribution in [0, 0.1) is 0 Å². The van der Waals surface area contributed by atoms with Gasteiger partial charge in [-0.1, -0.05) is 13.0 Å². The number of nitrogens with one attached hydrogen (secondary N) is 1. The van der Waals surface area contributed by atoms with E-state index in [2.05, 4.69) is 25.2 Å². The fourth-order valence-electron chi connectivity index (χ4n) is 2.34. The van der Waals surface area contributed by atoms with Crippen molar-refractivity contribution in [3.05, 3.63) is 23.8 Å². The summed E-state index contributed by atoms with van der Waals surface area (Å²) in [6.45, 7) is 4.33. The number of hydrogen-bond acceptors (Lipinski definition) is 3. The molecule has 0 amide bonds. The lowest BCUT2D eigenvalue weighted by atomic mass is 9.87. The number of hydrogen-bond donors (Lipinski definition) is 1. The summed E-state index contributed by atoms with van der Waals surface area (Å²) in [7, 11) is 3.68. The lowest BCUT2D eigenvalue weighted by Gasteiger charge is -2.39. The van der Waals surface area contributed by atoms with Gasteiger partial charge in [0, 0.05) is 24.1 Å². The third-order valence-electron chi connectivity index (χ3n) is 3.68. The molecule has 0 saturated carbocycles. The molecule has 1 aromatic rings. The Labute approximate surface area is 103 Å². The minimum Gasteiger partial charge on any atom is -0.497 e. The van der Waals surface area contributed by atoms with E-state index in [1.165, 1.54) is 5.56 Å². The lowest BCUT2D eigenvalue weighted by molar-refractivity contribution is 0.0452. The summed E-state index contributed by atoms with van der Waals surface area (Å²) in [5.74, 6) is 1.79. The minimum absolute atomic E-state index is 0.0902. The van der Waals surface area contributed by atoms with Gasteiger partial charge in [-0.2, -0.15) is 0 Å². The minimum atomic E-state index is -0.0902. The molecular weight excluding hydrogens is 214 g/mol. The van der Waals surface area contributed by atoms with Gasteiger partial charge in [0.15, 0.2) is 0 Å². The number of ether oxygens (including phenoxy) is 2. The molecule has 0 bridgehead atoms. The van der Waals surface area contributed by atoms with Gasteiger partial charge in [0.1, 0.15) is 17.1 Å². The molecule has 1 aromatic carbocycles. The van der Waals surface area contributed by atoms with Crippen molar-refractivity contribution >= 4 is 0 Å². The molecule has 94 valence electrons. The predicted octanol–water partition coefficient (Wildman–Crippen LogP) is 2.91. The monoisotopic (exact) mass is 235 g/mol. The van der Waals surface area contributed by atoms with Crippen molar-refractivity contribution in [3.63, 3.8) is 0 Å². The van der Waals surface area contributed by atoms with E-state index >= 15 is 0 Å². The van der Waals surface area contributed by atoms with Crippen LogP contribution in [0.2, 0.25) is 0 Å². The van der Waals surface area contributed by atoms with E-state index in [9.17, 15) is 0 Å². The maximum atomic E-state index is 6.12. The van der Waals surface area contributed by atoms with E-state index in [4.69, 9.17) is 9.47 Å². The summed E-state index contributed by atoms with van der Waals surface area (Å²) in [6, 6.07) is 6.41. The normalized spacial score (nSPS) is 27.2. The Morgan fingerprint density at radius 3 is 2.88 bits per heavy atom. The highest BCUT2D eigenvalue weighted by Gasteiger charge is 2.35. The van der Waals surface area contributed by atoms with Crippen molar-refractivity contribution in [3.8, 4) is 11.5 Å². The molecule has 0 spiro atoms. The van der Waals surface area contributed by atoms with Gasteiger partial charge in [-0.05, 0) is 26.5 Å². The Morgan fingerprint density at radius 2 is 2.29 bits per heavy atom. The van der Waals surface area contributed by atoms with Gasteiger partial charge >= 0.3 is 0 Å². The second-order valence-corrected chi connectivity index (χ2v) is 4.85. The molecule has 17 heavy (non-hydrogen) atoms. The molecule has 0 aliphatic carbocycles. The summed E-state index contributed by atoms with van der Waals surface area (Å²) in [5, 5.41) is 3.37. The zero-order valence-electron chi connectivity index (χ0n) is 11.0.